The Balaban J connectivity index is 1.81. The van der Waals surface area contributed by atoms with Gasteiger partial charge < -0.3 is 4.74 Å². The fourth-order valence-corrected chi connectivity index (χ4v) is 4.71. The third-order valence-corrected chi connectivity index (χ3v) is 5.81. The number of ether oxygens (including phenoxy) is 1. The third kappa shape index (κ3) is 2.66. The van der Waals surface area contributed by atoms with E-state index in [1.54, 1.807) is 0 Å². The number of carbonyl (C=O) groups is 1. The van der Waals surface area contributed by atoms with Crippen LogP contribution in [0.25, 0.3) is 0 Å². The number of benzene rings is 1. The fraction of sp³-hybridized carbons (Fsp3) is 0.588. The van der Waals surface area contributed by atoms with Crippen LogP contribution in [0, 0.1) is 19.8 Å². The van der Waals surface area contributed by atoms with Gasteiger partial charge in [0.15, 0.2) is 5.78 Å². The van der Waals surface area contributed by atoms with E-state index < -0.39 is 0 Å². The first-order chi connectivity index (χ1) is 9.60. The molecule has 2 aliphatic rings. The highest BCUT2D eigenvalue weighted by atomic mass is 32.2. The van der Waals surface area contributed by atoms with E-state index in [4.69, 9.17) is 4.74 Å². The smallest absolute Gasteiger partial charge is 0.166 e. The summed E-state index contributed by atoms with van der Waals surface area (Å²) in [6, 6.07) is 6.18. The van der Waals surface area contributed by atoms with Gasteiger partial charge in [0.2, 0.25) is 0 Å². The molecule has 0 radical (unpaired) electrons. The number of carbonyl (C=O) groups excluding carboxylic acids is 1. The molecule has 2 fully saturated rings. The first-order valence-electron chi connectivity index (χ1n) is 7.43. The van der Waals surface area contributed by atoms with Crippen LogP contribution < -0.4 is 0 Å². The lowest BCUT2D eigenvalue weighted by Gasteiger charge is -2.37. The summed E-state index contributed by atoms with van der Waals surface area (Å²) in [7, 11) is 0. The van der Waals surface area contributed by atoms with Gasteiger partial charge in [-0.3, -0.25) is 4.79 Å². The number of hydrogen-bond donors (Lipinski definition) is 0. The van der Waals surface area contributed by atoms with Crippen LogP contribution in [0.3, 0.4) is 0 Å². The van der Waals surface area contributed by atoms with E-state index in [1.807, 2.05) is 24.8 Å². The molecule has 3 heteroatoms. The summed E-state index contributed by atoms with van der Waals surface area (Å²) in [5.74, 6) is 2.70. The molecule has 0 N–H and O–H groups in total. The second-order valence-corrected chi connectivity index (χ2v) is 7.31. The van der Waals surface area contributed by atoms with Crippen LogP contribution in [0.1, 0.15) is 40.7 Å². The SMILES string of the molecule is Cc1ccc(C)c(C(=O)C2CCOC3(CCSC3)C2)c1. The molecule has 2 heterocycles. The number of Topliss-reactive ketones (excluding diaryl/α,β-unsaturated/α-hetero) is 1. The summed E-state index contributed by atoms with van der Waals surface area (Å²) in [4.78, 5) is 12.9. The van der Waals surface area contributed by atoms with Gasteiger partial charge in [-0.05, 0) is 50.5 Å². The van der Waals surface area contributed by atoms with Crippen molar-refractivity contribution in [2.45, 2.75) is 38.7 Å². The van der Waals surface area contributed by atoms with E-state index in [1.165, 1.54) is 5.75 Å². The number of hydrogen-bond acceptors (Lipinski definition) is 3. The Morgan fingerprint density at radius 2 is 2.25 bits per heavy atom. The summed E-state index contributed by atoms with van der Waals surface area (Å²) in [5.41, 5.74) is 3.16. The van der Waals surface area contributed by atoms with Crippen molar-refractivity contribution in [2.75, 3.05) is 18.1 Å². The average molecular weight is 290 g/mol. The van der Waals surface area contributed by atoms with Gasteiger partial charge in [0.1, 0.15) is 0 Å². The van der Waals surface area contributed by atoms with Crippen LogP contribution in [0.5, 0.6) is 0 Å². The monoisotopic (exact) mass is 290 g/mol. The van der Waals surface area contributed by atoms with Crippen molar-refractivity contribution >= 4 is 17.5 Å². The summed E-state index contributed by atoms with van der Waals surface area (Å²) < 4.78 is 6.02. The van der Waals surface area contributed by atoms with Gasteiger partial charge >= 0.3 is 0 Å². The lowest BCUT2D eigenvalue weighted by atomic mass is 9.80. The van der Waals surface area contributed by atoms with Crippen LogP contribution in [0.15, 0.2) is 18.2 Å². The highest BCUT2D eigenvalue weighted by molar-refractivity contribution is 7.99. The molecule has 108 valence electrons. The van der Waals surface area contributed by atoms with E-state index in [-0.39, 0.29) is 11.5 Å². The van der Waals surface area contributed by atoms with Gasteiger partial charge in [-0.1, -0.05) is 17.7 Å². The Hall–Kier alpha value is -0.800. The number of thioether (sulfide) groups is 1. The number of ketones is 1. The third-order valence-electron chi connectivity index (χ3n) is 4.59. The highest BCUT2D eigenvalue weighted by Crippen LogP contribution is 2.41. The van der Waals surface area contributed by atoms with Gasteiger partial charge in [-0.25, -0.2) is 0 Å². The molecular weight excluding hydrogens is 268 g/mol. The molecule has 0 saturated carbocycles. The van der Waals surface area contributed by atoms with E-state index in [0.29, 0.717) is 5.78 Å². The van der Waals surface area contributed by atoms with Crippen LogP contribution in [-0.2, 0) is 4.74 Å². The molecule has 3 rings (SSSR count). The molecule has 1 aromatic carbocycles. The lowest BCUT2D eigenvalue weighted by molar-refractivity contribution is -0.0734. The average Bonchev–Trinajstić information content (AvgIpc) is 2.88. The second-order valence-electron chi connectivity index (χ2n) is 6.21. The molecule has 2 aliphatic heterocycles. The minimum Gasteiger partial charge on any atom is -0.374 e. The molecule has 0 aromatic heterocycles. The molecule has 0 amide bonds. The Kier molecular flexibility index (Phi) is 3.91. The molecule has 0 aliphatic carbocycles. The zero-order valence-corrected chi connectivity index (χ0v) is 13.1. The molecule has 0 bridgehead atoms. The van der Waals surface area contributed by atoms with Crippen molar-refractivity contribution in [1.29, 1.82) is 0 Å². The maximum atomic E-state index is 12.9. The van der Waals surface area contributed by atoms with E-state index in [9.17, 15) is 4.79 Å². The molecule has 20 heavy (non-hydrogen) atoms. The predicted octanol–water partition coefficient (Wildman–Crippen LogP) is 3.79. The zero-order chi connectivity index (χ0) is 14.2. The van der Waals surface area contributed by atoms with Crippen molar-refractivity contribution in [3.8, 4) is 0 Å². The summed E-state index contributed by atoms with van der Waals surface area (Å²) in [5, 5.41) is 0. The Bertz CT molecular complexity index is 518. The molecule has 1 aromatic rings. The molecule has 2 unspecified atom stereocenters. The van der Waals surface area contributed by atoms with Gasteiger partial charge in [-0.15, -0.1) is 0 Å². The maximum Gasteiger partial charge on any atom is 0.166 e. The molecule has 2 saturated heterocycles. The largest absolute Gasteiger partial charge is 0.374 e. The van der Waals surface area contributed by atoms with Crippen LogP contribution in [0.4, 0.5) is 0 Å². The number of rotatable bonds is 2. The summed E-state index contributed by atoms with van der Waals surface area (Å²) in [6.07, 6.45) is 2.89. The number of aryl methyl sites for hydroxylation is 2. The van der Waals surface area contributed by atoms with Gasteiger partial charge in [0, 0.05) is 23.8 Å². The quantitative estimate of drug-likeness (QED) is 0.775. The van der Waals surface area contributed by atoms with Crippen molar-refractivity contribution in [3.63, 3.8) is 0 Å². The molecular formula is C17H22O2S. The fourth-order valence-electron chi connectivity index (χ4n) is 3.34. The zero-order valence-electron chi connectivity index (χ0n) is 12.3. The van der Waals surface area contributed by atoms with Gasteiger partial charge in [-0.2, -0.15) is 11.8 Å². The van der Waals surface area contributed by atoms with Crippen LogP contribution >= 0.6 is 11.8 Å². The van der Waals surface area contributed by atoms with E-state index in [0.717, 1.165) is 48.3 Å². The van der Waals surface area contributed by atoms with Gasteiger partial charge in [0.25, 0.3) is 0 Å². The maximum absolute atomic E-state index is 12.9. The van der Waals surface area contributed by atoms with Crippen molar-refractivity contribution < 1.29 is 9.53 Å². The first-order valence-corrected chi connectivity index (χ1v) is 8.58. The molecule has 2 atom stereocenters. The topological polar surface area (TPSA) is 26.3 Å². The minimum atomic E-state index is -0.0129. The molecule has 1 spiro atoms. The standard InChI is InChI=1S/C17H22O2S/c1-12-3-4-13(2)15(9-12)16(18)14-5-7-19-17(10-14)6-8-20-11-17/h3-4,9,14H,5-8,10-11H2,1-2H3. The van der Waals surface area contributed by atoms with Crippen LogP contribution in [0.2, 0.25) is 0 Å². The lowest BCUT2D eigenvalue weighted by Crippen LogP contribution is -2.42. The Morgan fingerprint density at radius 3 is 3.00 bits per heavy atom. The Labute approximate surface area is 125 Å². The van der Waals surface area contributed by atoms with E-state index >= 15 is 0 Å². The minimum absolute atomic E-state index is 0.0129. The van der Waals surface area contributed by atoms with Crippen molar-refractivity contribution in [1.82, 2.24) is 0 Å². The highest BCUT2D eigenvalue weighted by Gasteiger charge is 2.42. The summed E-state index contributed by atoms with van der Waals surface area (Å²) in [6.45, 7) is 4.82. The predicted molar refractivity (Wildman–Crippen MR) is 83.6 cm³/mol. The van der Waals surface area contributed by atoms with Gasteiger partial charge in [0.05, 0.1) is 5.60 Å². The summed E-state index contributed by atoms with van der Waals surface area (Å²) >= 11 is 1.96. The van der Waals surface area contributed by atoms with E-state index in [2.05, 4.69) is 19.1 Å². The first kappa shape index (κ1) is 14.2. The second kappa shape index (κ2) is 5.53. The van der Waals surface area contributed by atoms with Crippen molar-refractivity contribution in [3.05, 3.63) is 34.9 Å². The molecule has 2 nitrogen and oxygen atoms in total. The van der Waals surface area contributed by atoms with Crippen molar-refractivity contribution in [2.24, 2.45) is 5.92 Å². The normalized spacial score (nSPS) is 29.8. The Morgan fingerprint density at radius 1 is 1.40 bits per heavy atom. The van der Waals surface area contributed by atoms with Crippen LogP contribution in [-0.4, -0.2) is 29.5 Å².